The van der Waals surface area contributed by atoms with Crippen molar-refractivity contribution < 1.29 is 4.79 Å². The predicted molar refractivity (Wildman–Crippen MR) is 111 cm³/mol. The first-order valence-electron chi connectivity index (χ1n) is 9.99. The van der Waals surface area contributed by atoms with E-state index in [1.807, 2.05) is 35.8 Å². The van der Waals surface area contributed by atoms with Gasteiger partial charge in [0, 0.05) is 25.1 Å². The number of benzene rings is 2. The van der Waals surface area contributed by atoms with Crippen LogP contribution < -0.4 is 10.9 Å². The molecule has 1 amide bonds. The monoisotopic (exact) mass is 375 g/mol. The fourth-order valence-electron chi connectivity index (χ4n) is 3.82. The van der Waals surface area contributed by atoms with Gasteiger partial charge in [-0.25, -0.2) is 4.98 Å². The van der Waals surface area contributed by atoms with E-state index in [4.69, 9.17) is 4.98 Å². The minimum Gasteiger partial charge on any atom is -0.348 e. The molecular formula is C23H25N3O2. The molecule has 0 saturated carbocycles. The number of hydrogen-bond donors (Lipinski definition) is 1. The molecule has 1 aliphatic heterocycles. The van der Waals surface area contributed by atoms with Gasteiger partial charge in [-0.05, 0) is 49.1 Å². The lowest BCUT2D eigenvalue weighted by Gasteiger charge is -2.16. The molecule has 0 saturated heterocycles. The van der Waals surface area contributed by atoms with Crippen molar-refractivity contribution in [1.82, 2.24) is 14.9 Å². The molecule has 0 unspecified atom stereocenters. The lowest BCUT2D eigenvalue weighted by atomic mass is 10.1. The highest BCUT2D eigenvalue weighted by atomic mass is 16.1. The van der Waals surface area contributed by atoms with Gasteiger partial charge in [-0.15, -0.1) is 0 Å². The molecule has 0 bridgehead atoms. The van der Waals surface area contributed by atoms with Crippen molar-refractivity contribution in [3.05, 3.63) is 75.3 Å². The Bertz CT molecular complexity index is 1080. The molecule has 0 spiro atoms. The zero-order chi connectivity index (χ0) is 19.5. The number of aromatic nitrogens is 2. The Morgan fingerprint density at radius 1 is 1.11 bits per heavy atom. The van der Waals surface area contributed by atoms with Gasteiger partial charge < -0.3 is 5.32 Å². The molecule has 0 fully saturated rings. The van der Waals surface area contributed by atoms with Crippen LogP contribution in [0, 0.1) is 6.92 Å². The Morgan fingerprint density at radius 2 is 1.93 bits per heavy atom. The predicted octanol–water partition coefficient (Wildman–Crippen LogP) is 3.75. The Labute approximate surface area is 164 Å². The number of amides is 1. The second-order valence-corrected chi connectivity index (χ2v) is 7.49. The first-order chi connectivity index (χ1) is 13.6. The average Bonchev–Trinajstić information content (AvgIpc) is 2.68. The van der Waals surface area contributed by atoms with Crippen molar-refractivity contribution >= 4 is 16.8 Å². The minimum absolute atomic E-state index is 0.00812. The molecular weight excluding hydrogens is 350 g/mol. The molecule has 5 heteroatoms. The summed E-state index contributed by atoms with van der Waals surface area (Å²) < 4.78 is 1.82. The number of rotatable bonds is 3. The first kappa shape index (κ1) is 18.4. The van der Waals surface area contributed by atoms with Crippen LogP contribution in [0.3, 0.4) is 0 Å². The second kappa shape index (κ2) is 7.97. The Balaban J connectivity index is 1.62. The van der Waals surface area contributed by atoms with Crippen LogP contribution in [0.5, 0.6) is 0 Å². The van der Waals surface area contributed by atoms with E-state index < -0.39 is 0 Å². The summed E-state index contributed by atoms with van der Waals surface area (Å²) in [5.41, 5.74) is 3.39. The summed E-state index contributed by atoms with van der Waals surface area (Å²) in [5, 5.41) is 3.55. The van der Waals surface area contributed by atoms with Gasteiger partial charge in [0.2, 0.25) is 0 Å². The summed E-state index contributed by atoms with van der Waals surface area (Å²) >= 11 is 0. The molecule has 2 aromatic carbocycles. The Kier molecular flexibility index (Phi) is 5.24. The fourth-order valence-corrected chi connectivity index (χ4v) is 3.82. The first-order valence-corrected chi connectivity index (χ1v) is 9.99. The van der Waals surface area contributed by atoms with E-state index >= 15 is 0 Å². The van der Waals surface area contributed by atoms with Crippen molar-refractivity contribution in [1.29, 1.82) is 0 Å². The lowest BCUT2D eigenvalue weighted by molar-refractivity contribution is 0.0951. The number of nitrogens with one attached hydrogen (secondary N) is 1. The van der Waals surface area contributed by atoms with Gasteiger partial charge in [-0.3, -0.25) is 14.2 Å². The maximum Gasteiger partial charge on any atom is 0.261 e. The smallest absolute Gasteiger partial charge is 0.261 e. The van der Waals surface area contributed by atoms with Crippen molar-refractivity contribution in [3.63, 3.8) is 0 Å². The Morgan fingerprint density at radius 3 is 2.79 bits per heavy atom. The maximum atomic E-state index is 12.9. The highest BCUT2D eigenvalue weighted by Crippen LogP contribution is 2.16. The lowest BCUT2D eigenvalue weighted by Crippen LogP contribution is -2.27. The van der Waals surface area contributed by atoms with Crippen LogP contribution in [-0.4, -0.2) is 15.5 Å². The second-order valence-electron chi connectivity index (χ2n) is 7.49. The van der Waals surface area contributed by atoms with Crippen LogP contribution in [-0.2, 0) is 19.5 Å². The van der Waals surface area contributed by atoms with E-state index in [0.717, 1.165) is 49.2 Å². The number of carbonyl (C=O) groups excluding carboxylic acids is 1. The highest BCUT2D eigenvalue weighted by molar-refractivity contribution is 5.97. The summed E-state index contributed by atoms with van der Waals surface area (Å²) in [6.45, 7) is 3.24. The summed E-state index contributed by atoms with van der Waals surface area (Å²) in [6, 6.07) is 13.2. The largest absolute Gasteiger partial charge is 0.348 e. The molecule has 1 aliphatic rings. The molecule has 144 valence electrons. The van der Waals surface area contributed by atoms with Crippen LogP contribution in [0.15, 0.2) is 47.3 Å². The Hall–Kier alpha value is -2.95. The molecule has 0 radical (unpaired) electrons. The van der Waals surface area contributed by atoms with Crippen LogP contribution >= 0.6 is 0 Å². The molecule has 28 heavy (non-hydrogen) atoms. The highest BCUT2D eigenvalue weighted by Gasteiger charge is 2.15. The van der Waals surface area contributed by atoms with Crippen molar-refractivity contribution in [2.75, 3.05) is 0 Å². The van der Waals surface area contributed by atoms with Gasteiger partial charge >= 0.3 is 0 Å². The molecule has 0 aliphatic carbocycles. The van der Waals surface area contributed by atoms with Gasteiger partial charge in [0.05, 0.1) is 10.9 Å². The fraction of sp³-hybridized carbons (Fsp3) is 0.348. The quantitative estimate of drug-likeness (QED) is 0.758. The van der Waals surface area contributed by atoms with Crippen LogP contribution in [0.4, 0.5) is 0 Å². The third kappa shape index (κ3) is 3.70. The summed E-state index contributed by atoms with van der Waals surface area (Å²) in [5.74, 6) is 0.688. The van der Waals surface area contributed by atoms with Gasteiger partial charge in [0.25, 0.3) is 11.5 Å². The molecule has 5 nitrogen and oxygen atoms in total. The topological polar surface area (TPSA) is 64.0 Å². The van der Waals surface area contributed by atoms with Crippen molar-refractivity contribution in [2.45, 2.75) is 52.1 Å². The summed E-state index contributed by atoms with van der Waals surface area (Å²) in [6.07, 6.45) is 5.21. The standard InChI is InChI=1S/C23H25N3O2/c1-16-8-5-6-9-18(16)15-24-22(27)17-11-12-19-20(14-17)25-21-10-4-2-3-7-13-26(21)23(19)28/h5-6,8-9,11-12,14H,2-4,7,10,13,15H2,1H3,(H,24,27). The molecule has 2 heterocycles. The van der Waals surface area contributed by atoms with E-state index in [1.54, 1.807) is 18.2 Å². The van der Waals surface area contributed by atoms with Gasteiger partial charge in [0.15, 0.2) is 0 Å². The van der Waals surface area contributed by atoms with Gasteiger partial charge in [-0.1, -0.05) is 37.1 Å². The van der Waals surface area contributed by atoms with Crippen LogP contribution in [0.1, 0.15) is 53.0 Å². The van der Waals surface area contributed by atoms with E-state index in [-0.39, 0.29) is 11.5 Å². The van der Waals surface area contributed by atoms with E-state index in [9.17, 15) is 9.59 Å². The normalized spacial score (nSPS) is 14.2. The average molecular weight is 375 g/mol. The zero-order valence-electron chi connectivity index (χ0n) is 16.2. The molecule has 0 atom stereocenters. The van der Waals surface area contributed by atoms with Crippen LogP contribution in [0.25, 0.3) is 10.9 Å². The maximum absolute atomic E-state index is 12.9. The molecule has 4 rings (SSSR count). The summed E-state index contributed by atoms with van der Waals surface area (Å²) in [7, 11) is 0. The van der Waals surface area contributed by atoms with Crippen molar-refractivity contribution in [3.8, 4) is 0 Å². The van der Waals surface area contributed by atoms with E-state index in [1.165, 1.54) is 6.42 Å². The van der Waals surface area contributed by atoms with E-state index in [0.29, 0.717) is 23.0 Å². The molecule has 3 aromatic rings. The third-order valence-corrected chi connectivity index (χ3v) is 5.53. The zero-order valence-corrected chi connectivity index (χ0v) is 16.2. The number of nitrogens with zero attached hydrogens (tertiary/aromatic N) is 2. The number of carbonyl (C=O) groups is 1. The number of hydrogen-bond acceptors (Lipinski definition) is 3. The van der Waals surface area contributed by atoms with E-state index in [2.05, 4.69) is 5.32 Å². The molecule has 1 aromatic heterocycles. The number of fused-ring (bicyclic) bond motifs is 2. The van der Waals surface area contributed by atoms with Gasteiger partial charge in [-0.2, -0.15) is 0 Å². The molecule has 1 N–H and O–H groups in total. The SMILES string of the molecule is Cc1ccccc1CNC(=O)c1ccc2c(=O)n3c(nc2c1)CCCCCC3. The summed E-state index contributed by atoms with van der Waals surface area (Å²) in [4.78, 5) is 30.3. The number of aryl methyl sites for hydroxylation is 2. The van der Waals surface area contributed by atoms with Crippen LogP contribution in [0.2, 0.25) is 0 Å². The van der Waals surface area contributed by atoms with Crippen molar-refractivity contribution in [2.24, 2.45) is 0 Å². The minimum atomic E-state index is -0.154. The van der Waals surface area contributed by atoms with Gasteiger partial charge in [0.1, 0.15) is 5.82 Å². The third-order valence-electron chi connectivity index (χ3n) is 5.53.